The van der Waals surface area contributed by atoms with Crippen LogP contribution in [0.4, 0.5) is 5.69 Å². The maximum Gasteiger partial charge on any atom is 0.261 e. The monoisotopic (exact) mass is 363 g/mol. The molecule has 0 heterocycles. The van der Waals surface area contributed by atoms with E-state index in [2.05, 4.69) is 10.6 Å². The molecule has 0 atom stereocenters. The quantitative estimate of drug-likeness (QED) is 0.669. The number of nitrogens with one attached hydrogen (secondary N) is 1. The number of hydrogen-bond donors (Lipinski definition) is 1. The van der Waals surface area contributed by atoms with Gasteiger partial charge in [0.05, 0.1) is 4.90 Å². The van der Waals surface area contributed by atoms with Crippen LogP contribution in [-0.4, -0.2) is 15.0 Å². The van der Waals surface area contributed by atoms with E-state index in [0.29, 0.717) is 11.4 Å². The van der Waals surface area contributed by atoms with Gasteiger partial charge in [-0.2, -0.15) is 0 Å². The Morgan fingerprint density at radius 2 is 1.42 bits per heavy atom. The summed E-state index contributed by atoms with van der Waals surface area (Å²) in [5, 5.41) is 0. The summed E-state index contributed by atoms with van der Waals surface area (Å²) in [6, 6.07) is 23.0. The second-order valence-corrected chi connectivity index (χ2v) is 7.20. The minimum Gasteiger partial charge on any atom is -0.481 e. The predicted molar refractivity (Wildman–Crippen MR) is 103 cm³/mol. The van der Waals surface area contributed by atoms with E-state index in [-0.39, 0.29) is 11.5 Å². The van der Waals surface area contributed by atoms with E-state index < -0.39 is 10.0 Å². The highest BCUT2D eigenvalue weighted by Gasteiger charge is 2.14. The van der Waals surface area contributed by atoms with Crippen LogP contribution < -0.4 is 9.46 Å². The third kappa shape index (κ3) is 4.24. The van der Waals surface area contributed by atoms with E-state index in [4.69, 9.17) is 11.2 Å². The molecule has 1 N–H and O–H groups in total. The van der Waals surface area contributed by atoms with Crippen molar-refractivity contribution in [2.45, 2.75) is 4.90 Å². The molecule has 0 radical (unpaired) electrons. The van der Waals surface area contributed by atoms with Crippen molar-refractivity contribution in [3.8, 4) is 29.2 Å². The lowest BCUT2D eigenvalue weighted by Crippen LogP contribution is -2.12. The van der Waals surface area contributed by atoms with Crippen molar-refractivity contribution in [3.05, 3.63) is 78.9 Å². The van der Waals surface area contributed by atoms with Gasteiger partial charge in [-0.15, -0.1) is 6.42 Å². The number of anilines is 1. The van der Waals surface area contributed by atoms with Crippen molar-refractivity contribution in [3.63, 3.8) is 0 Å². The van der Waals surface area contributed by atoms with Gasteiger partial charge in [0, 0.05) is 5.69 Å². The highest BCUT2D eigenvalue weighted by Crippen LogP contribution is 2.24. The van der Waals surface area contributed by atoms with Crippen LogP contribution in [0.25, 0.3) is 11.1 Å². The summed E-state index contributed by atoms with van der Waals surface area (Å²) >= 11 is 0. The van der Waals surface area contributed by atoms with Gasteiger partial charge < -0.3 is 4.74 Å². The van der Waals surface area contributed by atoms with Gasteiger partial charge in [0.2, 0.25) is 0 Å². The highest BCUT2D eigenvalue weighted by atomic mass is 32.2. The average molecular weight is 363 g/mol. The number of rotatable bonds is 6. The predicted octanol–water partition coefficient (Wildman–Crippen LogP) is 4.17. The zero-order valence-electron chi connectivity index (χ0n) is 13.9. The molecular weight excluding hydrogens is 346 g/mol. The Morgan fingerprint density at radius 3 is 2.00 bits per heavy atom. The van der Waals surface area contributed by atoms with Crippen LogP contribution in [-0.2, 0) is 10.0 Å². The first-order chi connectivity index (χ1) is 12.6. The molecule has 0 aliphatic carbocycles. The third-order valence-corrected chi connectivity index (χ3v) is 5.10. The number of benzene rings is 3. The van der Waals surface area contributed by atoms with Gasteiger partial charge in [0.1, 0.15) is 12.4 Å². The summed E-state index contributed by atoms with van der Waals surface area (Å²) in [5.41, 5.74) is 2.39. The molecule has 0 saturated carbocycles. The Labute approximate surface area is 153 Å². The molecule has 3 rings (SSSR count). The minimum absolute atomic E-state index is 0.207. The van der Waals surface area contributed by atoms with Crippen LogP contribution >= 0.6 is 0 Å². The van der Waals surface area contributed by atoms with E-state index in [9.17, 15) is 8.42 Å². The van der Waals surface area contributed by atoms with Crippen LogP contribution in [0.2, 0.25) is 0 Å². The summed E-state index contributed by atoms with van der Waals surface area (Å²) in [7, 11) is -3.62. The zero-order valence-corrected chi connectivity index (χ0v) is 14.7. The molecule has 0 aromatic heterocycles. The molecule has 0 unspecified atom stereocenters. The largest absolute Gasteiger partial charge is 0.481 e. The second-order valence-electron chi connectivity index (χ2n) is 5.51. The van der Waals surface area contributed by atoms with Gasteiger partial charge in [-0.1, -0.05) is 48.4 Å². The Morgan fingerprint density at radius 1 is 0.846 bits per heavy atom. The standard InChI is InChI=1S/C21H17NO3S/c1-2-16-25-20-12-8-17(9-13-20)18-10-14-21(15-11-18)26(23,24)22-19-6-4-3-5-7-19/h1,3-15,22H,16H2. The molecule has 3 aromatic carbocycles. The summed E-state index contributed by atoms with van der Waals surface area (Å²) in [6.07, 6.45) is 5.17. The molecule has 0 saturated heterocycles. The maximum absolute atomic E-state index is 12.5. The molecular formula is C21H17NO3S. The van der Waals surface area contributed by atoms with Crippen LogP contribution in [0, 0.1) is 12.3 Å². The third-order valence-electron chi connectivity index (χ3n) is 3.70. The van der Waals surface area contributed by atoms with Gasteiger partial charge in [0.15, 0.2) is 0 Å². The highest BCUT2D eigenvalue weighted by molar-refractivity contribution is 7.92. The molecule has 0 bridgehead atoms. The van der Waals surface area contributed by atoms with Gasteiger partial charge in [-0.05, 0) is 47.5 Å². The summed E-state index contributed by atoms with van der Waals surface area (Å²) in [6.45, 7) is 0.223. The normalized spacial score (nSPS) is 10.7. The fourth-order valence-corrected chi connectivity index (χ4v) is 3.47. The molecule has 0 spiro atoms. The molecule has 130 valence electrons. The maximum atomic E-state index is 12.5. The van der Waals surface area contributed by atoms with Gasteiger partial charge in [0.25, 0.3) is 10.0 Å². The van der Waals surface area contributed by atoms with Crippen molar-refractivity contribution in [2.24, 2.45) is 0 Å². The van der Waals surface area contributed by atoms with Gasteiger partial charge >= 0.3 is 0 Å². The van der Waals surface area contributed by atoms with Crippen molar-refractivity contribution in [1.82, 2.24) is 0 Å². The first kappa shape index (κ1) is 17.6. The molecule has 0 aliphatic heterocycles. The number of ether oxygens (including phenoxy) is 1. The van der Waals surface area contributed by atoms with E-state index in [0.717, 1.165) is 11.1 Å². The first-order valence-corrected chi connectivity index (χ1v) is 9.41. The summed E-state index contributed by atoms with van der Waals surface area (Å²) in [4.78, 5) is 0.207. The Bertz CT molecular complexity index is 1000. The van der Waals surface area contributed by atoms with E-state index in [1.807, 2.05) is 30.3 Å². The molecule has 0 amide bonds. The van der Waals surface area contributed by atoms with Crippen LogP contribution in [0.15, 0.2) is 83.8 Å². The van der Waals surface area contributed by atoms with Crippen molar-refractivity contribution >= 4 is 15.7 Å². The second kappa shape index (κ2) is 7.77. The fraction of sp³-hybridized carbons (Fsp3) is 0.0476. The van der Waals surface area contributed by atoms with E-state index in [1.54, 1.807) is 48.5 Å². The van der Waals surface area contributed by atoms with Crippen LogP contribution in [0.1, 0.15) is 0 Å². The van der Waals surface area contributed by atoms with E-state index >= 15 is 0 Å². The average Bonchev–Trinajstić information content (AvgIpc) is 2.67. The van der Waals surface area contributed by atoms with Crippen LogP contribution in [0.3, 0.4) is 0 Å². The lowest BCUT2D eigenvalue weighted by molar-refractivity contribution is 0.370. The van der Waals surface area contributed by atoms with Gasteiger partial charge in [-0.25, -0.2) is 8.42 Å². The first-order valence-electron chi connectivity index (χ1n) is 7.93. The molecule has 0 fully saturated rings. The fourth-order valence-electron chi connectivity index (χ4n) is 2.42. The van der Waals surface area contributed by atoms with Crippen molar-refractivity contribution < 1.29 is 13.2 Å². The van der Waals surface area contributed by atoms with Crippen molar-refractivity contribution in [1.29, 1.82) is 0 Å². The minimum atomic E-state index is -3.62. The number of para-hydroxylation sites is 1. The van der Waals surface area contributed by atoms with Crippen LogP contribution in [0.5, 0.6) is 5.75 Å². The smallest absolute Gasteiger partial charge is 0.261 e. The lowest BCUT2D eigenvalue weighted by Gasteiger charge is -2.09. The number of terminal acetylenes is 1. The molecule has 3 aromatic rings. The lowest BCUT2D eigenvalue weighted by atomic mass is 10.1. The number of hydrogen-bond acceptors (Lipinski definition) is 3. The van der Waals surface area contributed by atoms with E-state index in [1.165, 1.54) is 0 Å². The Balaban J connectivity index is 1.77. The topological polar surface area (TPSA) is 55.4 Å². The molecule has 0 aliphatic rings. The summed E-state index contributed by atoms with van der Waals surface area (Å²) < 4.78 is 32.8. The zero-order chi connectivity index (χ0) is 18.4. The SMILES string of the molecule is C#CCOc1ccc(-c2ccc(S(=O)(=O)Nc3ccccc3)cc2)cc1. The molecule has 4 nitrogen and oxygen atoms in total. The Kier molecular flexibility index (Phi) is 5.26. The molecule has 26 heavy (non-hydrogen) atoms. The number of sulfonamides is 1. The Hall–Kier alpha value is -3.23. The van der Waals surface area contributed by atoms with Crippen molar-refractivity contribution in [2.75, 3.05) is 11.3 Å². The molecule has 5 heteroatoms. The summed E-state index contributed by atoms with van der Waals surface area (Å²) in [5.74, 6) is 3.11. The van der Waals surface area contributed by atoms with Gasteiger partial charge in [-0.3, -0.25) is 4.72 Å².